The summed E-state index contributed by atoms with van der Waals surface area (Å²) in [5.41, 5.74) is 1.96. The summed E-state index contributed by atoms with van der Waals surface area (Å²) >= 11 is 7.65. The molecule has 6 nitrogen and oxygen atoms in total. The number of halogens is 1. The van der Waals surface area contributed by atoms with Crippen LogP contribution in [0.4, 0.5) is 5.13 Å². The highest BCUT2D eigenvalue weighted by atomic mass is 35.5. The van der Waals surface area contributed by atoms with Gasteiger partial charge >= 0.3 is 0 Å². The van der Waals surface area contributed by atoms with Crippen LogP contribution in [0.3, 0.4) is 0 Å². The first-order valence-electron chi connectivity index (χ1n) is 9.49. The summed E-state index contributed by atoms with van der Waals surface area (Å²) in [4.78, 5) is 21.8. The summed E-state index contributed by atoms with van der Waals surface area (Å²) in [5.74, 6) is -0.305. The van der Waals surface area contributed by atoms with Crippen LogP contribution in [0, 0.1) is 6.92 Å². The van der Waals surface area contributed by atoms with Crippen LogP contribution in [0.2, 0.25) is 5.02 Å². The summed E-state index contributed by atoms with van der Waals surface area (Å²) in [5, 5.41) is 1.19. The Labute approximate surface area is 186 Å². The third-order valence-electron chi connectivity index (χ3n) is 4.80. The molecule has 1 aromatic heterocycles. The predicted octanol–water partition coefficient (Wildman–Crippen LogP) is 4.26. The minimum Gasteiger partial charge on any atom is -0.308 e. The van der Waals surface area contributed by atoms with Gasteiger partial charge in [0, 0.05) is 23.7 Å². The molecule has 0 saturated carbocycles. The first kappa shape index (κ1) is 22.7. The molecule has 0 spiro atoms. The van der Waals surface area contributed by atoms with Crippen molar-refractivity contribution < 1.29 is 13.2 Å². The average molecular weight is 466 g/mol. The number of benzene rings is 2. The number of fused-ring (bicyclic) bond motifs is 1. The lowest BCUT2D eigenvalue weighted by molar-refractivity contribution is 0.0985. The van der Waals surface area contributed by atoms with Gasteiger partial charge in [-0.15, -0.1) is 0 Å². The molecule has 9 heteroatoms. The van der Waals surface area contributed by atoms with Crippen LogP contribution in [0.15, 0.2) is 41.3 Å². The van der Waals surface area contributed by atoms with E-state index in [1.807, 2.05) is 38.1 Å². The molecule has 0 radical (unpaired) electrons. The molecule has 0 aliphatic heterocycles. The van der Waals surface area contributed by atoms with Crippen LogP contribution in [0.25, 0.3) is 10.2 Å². The molecule has 1 amide bonds. The molecule has 2 aromatic carbocycles. The minimum absolute atomic E-state index is 0.0209. The lowest BCUT2D eigenvalue weighted by atomic mass is 10.2. The van der Waals surface area contributed by atoms with Gasteiger partial charge in [0.05, 0.1) is 20.9 Å². The summed E-state index contributed by atoms with van der Waals surface area (Å²) < 4.78 is 25.5. The number of rotatable bonds is 7. The zero-order valence-electron chi connectivity index (χ0n) is 17.3. The zero-order valence-corrected chi connectivity index (χ0v) is 19.7. The van der Waals surface area contributed by atoms with Crippen LogP contribution in [-0.4, -0.2) is 57.1 Å². The fourth-order valence-electron chi connectivity index (χ4n) is 2.93. The summed E-state index contributed by atoms with van der Waals surface area (Å²) in [7, 11) is 0.452. The van der Waals surface area contributed by atoms with E-state index in [1.54, 1.807) is 24.0 Å². The largest absolute Gasteiger partial charge is 0.308 e. The lowest BCUT2D eigenvalue weighted by Crippen LogP contribution is -2.36. The van der Waals surface area contributed by atoms with Gasteiger partial charge in [-0.2, -0.15) is 0 Å². The van der Waals surface area contributed by atoms with Gasteiger partial charge in [-0.25, -0.2) is 13.4 Å². The lowest BCUT2D eigenvalue weighted by Gasteiger charge is -2.22. The van der Waals surface area contributed by atoms with Crippen LogP contribution in [-0.2, 0) is 9.84 Å². The fourth-order valence-corrected chi connectivity index (χ4v) is 5.06. The molecular formula is C21H24ClN3O3S2. The van der Waals surface area contributed by atoms with Crippen molar-refractivity contribution in [1.82, 2.24) is 9.88 Å². The zero-order chi connectivity index (χ0) is 22.1. The molecule has 0 N–H and O–H groups in total. The third-order valence-corrected chi connectivity index (χ3v) is 7.99. The molecule has 0 atom stereocenters. The molecule has 0 unspecified atom stereocenters. The maximum absolute atomic E-state index is 13.4. The quantitative estimate of drug-likeness (QED) is 0.521. The van der Waals surface area contributed by atoms with E-state index in [-0.39, 0.29) is 16.6 Å². The molecule has 3 aromatic rings. The van der Waals surface area contributed by atoms with E-state index >= 15 is 0 Å². The number of thiazole rings is 1. The number of carbonyl (C=O) groups excluding carboxylic acids is 1. The maximum Gasteiger partial charge on any atom is 0.260 e. The molecular weight excluding hydrogens is 442 g/mol. The third kappa shape index (κ3) is 4.67. The predicted molar refractivity (Wildman–Crippen MR) is 124 cm³/mol. The first-order chi connectivity index (χ1) is 14.1. The standard InChI is InChI=1S/C21H24ClN3O3S2/c1-5-30(27,28)16-8-6-7-15(13-16)20(26)25(12-11-24(3)4)21-23-19-14(2)17(22)9-10-18(19)29-21/h6-10,13H,5,11-12H2,1-4H3. The Kier molecular flexibility index (Phi) is 6.81. The van der Waals surface area contributed by atoms with Gasteiger partial charge in [0.2, 0.25) is 0 Å². The Balaban J connectivity index is 2.05. The molecule has 3 rings (SSSR count). The van der Waals surface area contributed by atoms with Gasteiger partial charge in [0.1, 0.15) is 0 Å². The number of likely N-dealkylation sites (N-methyl/N-ethyl adjacent to an activating group) is 1. The van der Waals surface area contributed by atoms with E-state index in [0.717, 1.165) is 15.8 Å². The van der Waals surface area contributed by atoms with E-state index in [4.69, 9.17) is 11.6 Å². The second-order valence-corrected chi connectivity index (χ2v) is 10.9. The van der Waals surface area contributed by atoms with E-state index < -0.39 is 9.84 Å². The number of carbonyl (C=O) groups is 1. The SMILES string of the molecule is CCS(=O)(=O)c1cccc(C(=O)N(CCN(C)C)c2nc3c(C)c(Cl)ccc3s2)c1. The van der Waals surface area contributed by atoms with Crippen molar-refractivity contribution in [3.05, 3.63) is 52.5 Å². The second-order valence-electron chi connectivity index (χ2n) is 7.21. The number of anilines is 1. The molecule has 0 aliphatic carbocycles. The van der Waals surface area contributed by atoms with Gasteiger partial charge in [-0.05, 0) is 56.9 Å². The van der Waals surface area contributed by atoms with E-state index in [1.165, 1.54) is 23.5 Å². The van der Waals surface area contributed by atoms with Gasteiger partial charge in [-0.3, -0.25) is 9.69 Å². The first-order valence-corrected chi connectivity index (χ1v) is 12.3. The van der Waals surface area contributed by atoms with E-state index in [9.17, 15) is 13.2 Å². The van der Waals surface area contributed by atoms with E-state index in [0.29, 0.717) is 28.8 Å². The average Bonchev–Trinajstić information content (AvgIpc) is 3.15. The molecule has 0 saturated heterocycles. The van der Waals surface area contributed by atoms with E-state index in [2.05, 4.69) is 4.98 Å². The van der Waals surface area contributed by atoms with Crippen molar-refractivity contribution in [2.24, 2.45) is 0 Å². The van der Waals surface area contributed by atoms with Crippen molar-refractivity contribution in [1.29, 1.82) is 0 Å². The van der Waals surface area contributed by atoms with Crippen LogP contribution >= 0.6 is 22.9 Å². The number of aromatic nitrogens is 1. The molecule has 30 heavy (non-hydrogen) atoms. The maximum atomic E-state index is 13.4. The normalized spacial score (nSPS) is 11.9. The minimum atomic E-state index is -3.41. The fraction of sp³-hybridized carbons (Fsp3) is 0.333. The Morgan fingerprint density at radius 3 is 2.57 bits per heavy atom. The van der Waals surface area contributed by atoms with Crippen LogP contribution in [0.5, 0.6) is 0 Å². The molecule has 0 fully saturated rings. The van der Waals surface area contributed by atoms with Gasteiger partial charge < -0.3 is 4.90 Å². The highest BCUT2D eigenvalue weighted by Crippen LogP contribution is 2.34. The number of aryl methyl sites for hydroxylation is 1. The Morgan fingerprint density at radius 1 is 1.17 bits per heavy atom. The smallest absolute Gasteiger partial charge is 0.260 e. The molecule has 0 bridgehead atoms. The van der Waals surface area contributed by atoms with Crippen molar-refractivity contribution in [3.8, 4) is 0 Å². The highest BCUT2D eigenvalue weighted by Gasteiger charge is 2.23. The summed E-state index contributed by atoms with van der Waals surface area (Å²) in [6.45, 7) is 4.54. The van der Waals surface area contributed by atoms with Gasteiger partial charge in [0.15, 0.2) is 15.0 Å². The Hall–Kier alpha value is -2.00. The van der Waals surface area contributed by atoms with Gasteiger partial charge in [-0.1, -0.05) is 35.9 Å². The number of sulfone groups is 1. The van der Waals surface area contributed by atoms with Crippen molar-refractivity contribution in [3.63, 3.8) is 0 Å². The van der Waals surface area contributed by atoms with Crippen molar-refractivity contribution in [2.45, 2.75) is 18.7 Å². The molecule has 1 heterocycles. The van der Waals surface area contributed by atoms with Crippen LogP contribution in [0.1, 0.15) is 22.8 Å². The monoisotopic (exact) mass is 465 g/mol. The highest BCUT2D eigenvalue weighted by molar-refractivity contribution is 7.91. The molecule has 160 valence electrons. The summed E-state index contributed by atoms with van der Waals surface area (Å²) in [6, 6.07) is 9.92. The topological polar surface area (TPSA) is 70.6 Å². The number of amides is 1. The Morgan fingerprint density at radius 2 is 1.90 bits per heavy atom. The number of hydrogen-bond donors (Lipinski definition) is 0. The number of hydrogen-bond acceptors (Lipinski definition) is 6. The number of nitrogens with zero attached hydrogens (tertiary/aromatic N) is 3. The summed E-state index contributed by atoms with van der Waals surface area (Å²) in [6.07, 6.45) is 0. The van der Waals surface area contributed by atoms with Crippen molar-refractivity contribution >= 4 is 54.0 Å². The van der Waals surface area contributed by atoms with Crippen molar-refractivity contribution in [2.75, 3.05) is 37.8 Å². The molecule has 0 aliphatic rings. The second kappa shape index (κ2) is 9.01. The van der Waals surface area contributed by atoms with Gasteiger partial charge in [0.25, 0.3) is 5.91 Å². The van der Waals surface area contributed by atoms with Crippen LogP contribution < -0.4 is 4.90 Å². The Bertz CT molecular complexity index is 1190.